The van der Waals surface area contributed by atoms with Crippen molar-refractivity contribution in [3.63, 3.8) is 0 Å². The molecule has 0 aromatic heterocycles. The van der Waals surface area contributed by atoms with Crippen molar-refractivity contribution in [1.82, 2.24) is 4.31 Å². The van der Waals surface area contributed by atoms with Gasteiger partial charge >= 0.3 is 6.18 Å². The lowest BCUT2D eigenvalue weighted by Crippen LogP contribution is -3.17. The van der Waals surface area contributed by atoms with Crippen molar-refractivity contribution >= 4 is 10.0 Å². The van der Waals surface area contributed by atoms with Crippen LogP contribution in [0.25, 0.3) is 0 Å². The van der Waals surface area contributed by atoms with Gasteiger partial charge in [-0.3, -0.25) is 0 Å². The summed E-state index contributed by atoms with van der Waals surface area (Å²) >= 11 is 0. The summed E-state index contributed by atoms with van der Waals surface area (Å²) < 4.78 is 64.8. The molecular formula is C18H26F3N2O2S+. The Balaban J connectivity index is 1.63. The van der Waals surface area contributed by atoms with Crippen LogP contribution in [-0.4, -0.2) is 44.9 Å². The Labute approximate surface area is 153 Å². The number of alkyl halides is 3. The van der Waals surface area contributed by atoms with Crippen molar-refractivity contribution in [2.75, 3.05) is 26.2 Å². The second-order valence-electron chi connectivity index (χ2n) is 7.54. The normalized spacial score (nSPS) is 26.8. The second kappa shape index (κ2) is 7.48. The van der Waals surface area contributed by atoms with Gasteiger partial charge in [0.25, 0.3) is 0 Å². The van der Waals surface area contributed by atoms with E-state index in [-0.39, 0.29) is 4.90 Å². The van der Waals surface area contributed by atoms with Gasteiger partial charge in [0.05, 0.1) is 29.6 Å². The highest BCUT2D eigenvalue weighted by atomic mass is 32.2. The van der Waals surface area contributed by atoms with Crippen LogP contribution < -0.4 is 4.90 Å². The molecule has 2 saturated heterocycles. The second-order valence-corrected chi connectivity index (χ2v) is 9.48. The van der Waals surface area contributed by atoms with E-state index >= 15 is 0 Å². The van der Waals surface area contributed by atoms with Crippen LogP contribution in [0.15, 0.2) is 29.2 Å². The topological polar surface area (TPSA) is 41.8 Å². The van der Waals surface area contributed by atoms with E-state index in [1.807, 2.05) is 0 Å². The third-order valence-electron chi connectivity index (χ3n) is 5.77. The molecule has 0 radical (unpaired) electrons. The van der Waals surface area contributed by atoms with E-state index < -0.39 is 21.8 Å². The molecule has 1 aromatic rings. The Morgan fingerprint density at radius 1 is 1.00 bits per heavy atom. The average Bonchev–Trinajstić information content (AvgIpc) is 2.62. The van der Waals surface area contributed by atoms with Crippen LogP contribution in [0.3, 0.4) is 0 Å². The van der Waals surface area contributed by atoms with Crippen molar-refractivity contribution in [3.05, 3.63) is 29.8 Å². The standard InChI is InChI=1S/C18H25F3N2O2S/c1-14-6-10-22(11-7-14)16-8-12-23(13-9-16)26(24,25)17-4-2-15(3-5-17)18(19,20)21/h2-5,14,16H,6-13H2,1H3/p+1. The third kappa shape index (κ3) is 4.23. The van der Waals surface area contributed by atoms with Crippen LogP contribution >= 0.6 is 0 Å². The summed E-state index contributed by atoms with van der Waals surface area (Å²) in [6.45, 7) is 5.45. The molecule has 0 unspecified atom stereocenters. The number of halogens is 3. The lowest BCUT2D eigenvalue weighted by molar-refractivity contribution is -0.932. The fourth-order valence-corrected chi connectivity index (χ4v) is 5.48. The third-order valence-corrected chi connectivity index (χ3v) is 7.68. The number of quaternary nitrogens is 1. The number of benzene rings is 1. The molecule has 1 aromatic carbocycles. The minimum Gasteiger partial charge on any atom is -0.332 e. The summed E-state index contributed by atoms with van der Waals surface area (Å²) in [5.41, 5.74) is -0.835. The predicted octanol–water partition coefficient (Wildman–Crippen LogP) is 2.17. The number of rotatable bonds is 3. The van der Waals surface area contributed by atoms with Gasteiger partial charge in [0.15, 0.2) is 0 Å². The first-order chi connectivity index (χ1) is 12.2. The summed E-state index contributed by atoms with van der Waals surface area (Å²) in [5.74, 6) is 0.777. The molecule has 1 N–H and O–H groups in total. The molecule has 3 rings (SSSR count). The van der Waals surface area contributed by atoms with E-state index in [9.17, 15) is 21.6 Å². The number of hydrogen-bond donors (Lipinski definition) is 1. The van der Waals surface area contributed by atoms with Crippen molar-refractivity contribution in [1.29, 1.82) is 0 Å². The molecule has 8 heteroatoms. The number of nitrogens with one attached hydrogen (secondary N) is 1. The monoisotopic (exact) mass is 391 g/mol. The Hall–Kier alpha value is -1.12. The van der Waals surface area contributed by atoms with E-state index in [4.69, 9.17) is 0 Å². The number of likely N-dealkylation sites (tertiary alicyclic amines) is 1. The van der Waals surface area contributed by atoms with Gasteiger partial charge in [-0.05, 0) is 43.0 Å². The average molecular weight is 391 g/mol. The Kier molecular flexibility index (Phi) is 5.65. The van der Waals surface area contributed by atoms with Crippen LogP contribution in [0.2, 0.25) is 0 Å². The number of nitrogens with zero attached hydrogens (tertiary/aromatic N) is 1. The van der Waals surface area contributed by atoms with E-state index in [0.717, 1.165) is 56.1 Å². The highest BCUT2D eigenvalue weighted by molar-refractivity contribution is 7.89. The van der Waals surface area contributed by atoms with Gasteiger partial charge in [0, 0.05) is 25.9 Å². The van der Waals surface area contributed by atoms with Gasteiger partial charge in [-0.25, -0.2) is 8.42 Å². The first-order valence-electron chi connectivity index (χ1n) is 9.20. The lowest BCUT2D eigenvalue weighted by Gasteiger charge is -2.38. The molecule has 2 fully saturated rings. The maximum atomic E-state index is 12.7. The fourth-order valence-electron chi connectivity index (χ4n) is 4.01. The molecule has 0 spiro atoms. The van der Waals surface area contributed by atoms with E-state index in [1.54, 1.807) is 4.90 Å². The zero-order valence-electron chi connectivity index (χ0n) is 14.9. The molecule has 146 valence electrons. The number of hydrogen-bond acceptors (Lipinski definition) is 2. The molecule has 0 atom stereocenters. The maximum Gasteiger partial charge on any atom is 0.416 e. The fraction of sp³-hybridized carbons (Fsp3) is 0.667. The smallest absolute Gasteiger partial charge is 0.332 e. The molecule has 4 nitrogen and oxygen atoms in total. The largest absolute Gasteiger partial charge is 0.416 e. The van der Waals surface area contributed by atoms with E-state index in [1.165, 1.54) is 17.1 Å². The minimum absolute atomic E-state index is 0.0666. The molecule has 26 heavy (non-hydrogen) atoms. The van der Waals surface area contributed by atoms with Gasteiger partial charge in [0.2, 0.25) is 10.0 Å². The molecule has 0 amide bonds. The molecule has 2 aliphatic heterocycles. The van der Waals surface area contributed by atoms with Crippen LogP contribution in [-0.2, 0) is 16.2 Å². The minimum atomic E-state index is -4.46. The van der Waals surface area contributed by atoms with Crippen molar-refractivity contribution < 1.29 is 26.5 Å². The SMILES string of the molecule is CC1CC[NH+](C2CCN(S(=O)(=O)c3ccc(C(F)(F)F)cc3)CC2)CC1. The highest BCUT2D eigenvalue weighted by Gasteiger charge is 2.35. The summed E-state index contributed by atoms with van der Waals surface area (Å²) in [5, 5.41) is 0. The summed E-state index contributed by atoms with van der Waals surface area (Å²) in [4.78, 5) is 1.51. The van der Waals surface area contributed by atoms with Crippen LogP contribution in [0.1, 0.15) is 38.2 Å². The summed E-state index contributed by atoms with van der Waals surface area (Å²) in [7, 11) is -3.73. The highest BCUT2D eigenvalue weighted by Crippen LogP contribution is 2.30. The Morgan fingerprint density at radius 3 is 2.04 bits per heavy atom. The first kappa shape index (κ1) is 19.6. The first-order valence-corrected chi connectivity index (χ1v) is 10.6. The van der Waals surface area contributed by atoms with Gasteiger partial charge in [-0.15, -0.1) is 0 Å². The van der Waals surface area contributed by atoms with Crippen LogP contribution in [0, 0.1) is 5.92 Å². The molecule has 0 saturated carbocycles. The Morgan fingerprint density at radius 2 is 1.54 bits per heavy atom. The number of piperidine rings is 2. The lowest BCUT2D eigenvalue weighted by atomic mass is 9.95. The van der Waals surface area contributed by atoms with E-state index in [0.29, 0.717) is 19.1 Å². The molecule has 2 heterocycles. The quantitative estimate of drug-likeness (QED) is 0.858. The van der Waals surface area contributed by atoms with Crippen LogP contribution in [0.4, 0.5) is 13.2 Å². The molecule has 2 aliphatic rings. The van der Waals surface area contributed by atoms with Gasteiger partial charge in [0.1, 0.15) is 0 Å². The van der Waals surface area contributed by atoms with Crippen molar-refractivity contribution in [3.8, 4) is 0 Å². The van der Waals surface area contributed by atoms with Gasteiger partial charge in [-0.2, -0.15) is 17.5 Å². The molecular weight excluding hydrogens is 365 g/mol. The summed E-state index contributed by atoms with van der Waals surface area (Å²) in [6, 6.07) is 4.27. The Bertz CT molecular complexity index is 703. The van der Waals surface area contributed by atoms with Gasteiger partial charge < -0.3 is 4.90 Å². The van der Waals surface area contributed by atoms with Crippen molar-refractivity contribution in [2.45, 2.75) is 49.7 Å². The van der Waals surface area contributed by atoms with Crippen LogP contribution in [0.5, 0.6) is 0 Å². The predicted molar refractivity (Wildman–Crippen MR) is 92.3 cm³/mol. The van der Waals surface area contributed by atoms with Crippen molar-refractivity contribution in [2.24, 2.45) is 5.92 Å². The summed E-state index contributed by atoms with van der Waals surface area (Å²) in [6.07, 6.45) is -0.401. The molecule has 0 bridgehead atoms. The van der Waals surface area contributed by atoms with Gasteiger partial charge in [-0.1, -0.05) is 6.92 Å². The maximum absolute atomic E-state index is 12.7. The van der Waals surface area contributed by atoms with E-state index in [2.05, 4.69) is 6.92 Å². The zero-order valence-corrected chi connectivity index (χ0v) is 15.7. The molecule has 0 aliphatic carbocycles. The number of sulfonamides is 1. The zero-order chi connectivity index (χ0) is 18.9.